The van der Waals surface area contributed by atoms with Crippen LogP contribution in [-0.2, 0) is 28.8 Å². The van der Waals surface area contributed by atoms with Gasteiger partial charge in [-0.3, -0.25) is 24.0 Å². The molecule has 0 saturated carbocycles. The van der Waals surface area contributed by atoms with Crippen LogP contribution in [-0.4, -0.2) is 86.8 Å². The first-order valence-electron chi connectivity index (χ1n) is 9.77. The van der Waals surface area contributed by atoms with E-state index in [1.165, 1.54) is 0 Å². The van der Waals surface area contributed by atoms with Gasteiger partial charge in [-0.05, 0) is 12.3 Å². The zero-order chi connectivity index (χ0) is 25.0. The average Bonchev–Trinajstić information content (AvgIpc) is 2.71. The fourth-order valence-electron chi connectivity index (χ4n) is 2.48. The van der Waals surface area contributed by atoms with Crippen LogP contribution < -0.4 is 21.7 Å². The van der Waals surface area contributed by atoms with Crippen molar-refractivity contribution >= 4 is 35.6 Å². The third-order valence-corrected chi connectivity index (χ3v) is 4.61. The summed E-state index contributed by atoms with van der Waals surface area (Å²) >= 11 is 0. The molecule has 0 fully saturated rings. The number of carboxylic acid groups (broad SMARTS) is 3. The molecule has 0 aromatic rings. The van der Waals surface area contributed by atoms with Crippen LogP contribution in [0.1, 0.15) is 39.5 Å². The van der Waals surface area contributed by atoms with Crippen LogP contribution >= 0.6 is 0 Å². The number of carboxylic acids is 3. The average molecular weight is 462 g/mol. The first kappa shape index (κ1) is 28.7. The lowest BCUT2D eigenvalue weighted by atomic mass is 9.97. The number of aliphatic hydroxyl groups is 1. The minimum absolute atomic E-state index is 0.252. The van der Waals surface area contributed by atoms with Crippen molar-refractivity contribution in [1.82, 2.24) is 16.0 Å². The van der Waals surface area contributed by atoms with Crippen molar-refractivity contribution in [3.05, 3.63) is 0 Å². The van der Waals surface area contributed by atoms with E-state index in [0.717, 1.165) is 0 Å². The third kappa shape index (κ3) is 10.2. The molecule has 0 radical (unpaired) electrons. The van der Waals surface area contributed by atoms with E-state index in [9.17, 15) is 28.8 Å². The number of hydrogen-bond acceptors (Lipinski definition) is 8. The molecule has 0 aromatic heterocycles. The van der Waals surface area contributed by atoms with Gasteiger partial charge in [-0.1, -0.05) is 20.3 Å². The Hall–Kier alpha value is -3.26. The molecule has 0 aromatic carbocycles. The second-order valence-electron chi connectivity index (χ2n) is 7.15. The number of carbonyl (C=O) groups excluding carboxylic acids is 3. The summed E-state index contributed by atoms with van der Waals surface area (Å²) < 4.78 is 0. The Morgan fingerprint density at radius 1 is 0.844 bits per heavy atom. The normalized spacial score (nSPS) is 15.4. The summed E-state index contributed by atoms with van der Waals surface area (Å²) in [7, 11) is 0. The van der Waals surface area contributed by atoms with Crippen molar-refractivity contribution in [1.29, 1.82) is 0 Å². The van der Waals surface area contributed by atoms with Crippen molar-refractivity contribution in [2.24, 2.45) is 11.7 Å². The van der Waals surface area contributed by atoms with Gasteiger partial charge in [0.1, 0.15) is 18.1 Å². The molecule has 32 heavy (non-hydrogen) atoms. The molecule has 5 atom stereocenters. The Morgan fingerprint density at radius 3 is 1.84 bits per heavy atom. The first-order chi connectivity index (χ1) is 14.8. The summed E-state index contributed by atoms with van der Waals surface area (Å²) in [6, 6.07) is -5.87. The van der Waals surface area contributed by atoms with Crippen LogP contribution in [0.25, 0.3) is 0 Å². The molecular formula is C18H30N4O10. The monoisotopic (exact) mass is 462 g/mol. The molecular weight excluding hydrogens is 432 g/mol. The number of amides is 3. The van der Waals surface area contributed by atoms with Gasteiger partial charge in [0.25, 0.3) is 0 Å². The number of hydrogen-bond donors (Lipinski definition) is 8. The molecule has 14 heteroatoms. The van der Waals surface area contributed by atoms with E-state index in [1.807, 2.05) is 0 Å². The van der Waals surface area contributed by atoms with E-state index in [0.29, 0.717) is 6.42 Å². The molecule has 0 saturated heterocycles. The SMILES string of the molecule is CCC(C)C(NC(=O)C(CC(=O)O)NC(=O)C(N)CCC(=O)O)C(=O)NC(CO)C(=O)O. The zero-order valence-electron chi connectivity index (χ0n) is 17.7. The van der Waals surface area contributed by atoms with Crippen molar-refractivity contribution < 1.29 is 49.2 Å². The standard InChI is InChI=1S/C18H30N4O10/c1-3-8(2)14(17(30)21-11(7-23)18(31)32)22-16(29)10(6-13(26)27)20-15(28)9(19)4-5-12(24)25/h8-11,14,23H,3-7,19H2,1-2H3,(H,20,28)(H,21,30)(H,22,29)(H,24,25)(H,26,27)(H,31,32). The first-order valence-corrected chi connectivity index (χ1v) is 9.77. The van der Waals surface area contributed by atoms with Gasteiger partial charge >= 0.3 is 17.9 Å². The van der Waals surface area contributed by atoms with Crippen LogP contribution in [0.15, 0.2) is 0 Å². The van der Waals surface area contributed by atoms with Gasteiger partial charge in [-0.15, -0.1) is 0 Å². The molecule has 0 heterocycles. The number of aliphatic carboxylic acids is 3. The smallest absolute Gasteiger partial charge is 0.328 e. The predicted molar refractivity (Wildman–Crippen MR) is 107 cm³/mol. The van der Waals surface area contributed by atoms with Crippen molar-refractivity contribution in [3.8, 4) is 0 Å². The van der Waals surface area contributed by atoms with Gasteiger partial charge in [0.05, 0.1) is 19.1 Å². The van der Waals surface area contributed by atoms with Gasteiger partial charge in [0.15, 0.2) is 0 Å². The molecule has 0 aliphatic rings. The van der Waals surface area contributed by atoms with Gasteiger partial charge in [-0.25, -0.2) is 4.79 Å². The topological polar surface area (TPSA) is 245 Å². The zero-order valence-corrected chi connectivity index (χ0v) is 17.7. The summed E-state index contributed by atoms with van der Waals surface area (Å²) in [4.78, 5) is 70.1. The molecule has 14 nitrogen and oxygen atoms in total. The Kier molecular flexibility index (Phi) is 12.5. The van der Waals surface area contributed by atoms with Crippen LogP contribution in [0.5, 0.6) is 0 Å². The lowest BCUT2D eigenvalue weighted by Crippen LogP contribution is -2.59. The Labute approximate surface area is 183 Å². The summed E-state index contributed by atoms with van der Waals surface area (Å²) in [6.07, 6.45) is -1.16. The van der Waals surface area contributed by atoms with E-state index in [-0.39, 0.29) is 6.42 Å². The van der Waals surface area contributed by atoms with Crippen LogP contribution in [0.3, 0.4) is 0 Å². The molecule has 3 amide bonds. The summed E-state index contributed by atoms with van der Waals surface area (Å²) in [5.74, 6) is -7.58. The molecule has 0 aliphatic carbocycles. The highest BCUT2D eigenvalue weighted by molar-refractivity contribution is 5.95. The van der Waals surface area contributed by atoms with Gasteiger partial charge in [-0.2, -0.15) is 0 Å². The van der Waals surface area contributed by atoms with Gasteiger partial charge in [0, 0.05) is 6.42 Å². The summed E-state index contributed by atoms with van der Waals surface area (Å²) in [6.45, 7) is 2.37. The van der Waals surface area contributed by atoms with Crippen LogP contribution in [0, 0.1) is 5.92 Å². The van der Waals surface area contributed by atoms with E-state index >= 15 is 0 Å². The molecule has 5 unspecified atom stereocenters. The molecule has 182 valence electrons. The second-order valence-corrected chi connectivity index (χ2v) is 7.15. The molecule has 0 bridgehead atoms. The highest BCUT2D eigenvalue weighted by Crippen LogP contribution is 2.10. The van der Waals surface area contributed by atoms with Gasteiger partial charge in [0.2, 0.25) is 17.7 Å². The summed E-state index contributed by atoms with van der Waals surface area (Å²) in [5, 5.41) is 42.3. The van der Waals surface area contributed by atoms with Crippen molar-refractivity contribution in [2.75, 3.05) is 6.61 Å². The van der Waals surface area contributed by atoms with E-state index < -0.39 is 85.2 Å². The molecule has 0 aliphatic heterocycles. The number of carbonyl (C=O) groups is 6. The Morgan fingerprint density at radius 2 is 1.41 bits per heavy atom. The fourth-order valence-corrected chi connectivity index (χ4v) is 2.48. The number of nitrogens with one attached hydrogen (secondary N) is 3. The van der Waals surface area contributed by atoms with Crippen molar-refractivity contribution in [3.63, 3.8) is 0 Å². The predicted octanol–water partition coefficient (Wildman–Crippen LogP) is -2.77. The largest absolute Gasteiger partial charge is 0.481 e. The second kappa shape index (κ2) is 13.9. The minimum atomic E-state index is -1.64. The number of nitrogens with two attached hydrogens (primary N) is 1. The van der Waals surface area contributed by atoms with Crippen molar-refractivity contribution in [2.45, 2.75) is 63.7 Å². The minimum Gasteiger partial charge on any atom is -0.481 e. The maximum absolute atomic E-state index is 12.7. The molecule has 0 rings (SSSR count). The van der Waals surface area contributed by atoms with Crippen LogP contribution in [0.2, 0.25) is 0 Å². The maximum atomic E-state index is 12.7. The fraction of sp³-hybridized carbons (Fsp3) is 0.667. The lowest BCUT2D eigenvalue weighted by Gasteiger charge is -2.27. The van der Waals surface area contributed by atoms with E-state index in [4.69, 9.17) is 26.2 Å². The lowest BCUT2D eigenvalue weighted by molar-refractivity contribution is -0.144. The Balaban J connectivity index is 5.46. The highest BCUT2D eigenvalue weighted by Gasteiger charge is 2.33. The maximum Gasteiger partial charge on any atom is 0.328 e. The third-order valence-electron chi connectivity index (χ3n) is 4.61. The molecule has 9 N–H and O–H groups in total. The number of aliphatic hydroxyl groups excluding tert-OH is 1. The van der Waals surface area contributed by atoms with E-state index in [2.05, 4.69) is 16.0 Å². The van der Waals surface area contributed by atoms with Gasteiger partial charge < -0.3 is 42.1 Å². The van der Waals surface area contributed by atoms with Crippen LogP contribution in [0.4, 0.5) is 0 Å². The molecule has 0 spiro atoms. The van der Waals surface area contributed by atoms with E-state index in [1.54, 1.807) is 13.8 Å². The Bertz CT molecular complexity index is 714. The summed E-state index contributed by atoms with van der Waals surface area (Å²) in [5.41, 5.74) is 5.56. The quantitative estimate of drug-likeness (QED) is 0.124. The number of rotatable bonds is 15. The highest BCUT2D eigenvalue weighted by atomic mass is 16.4.